The fourth-order valence-corrected chi connectivity index (χ4v) is 5.60. The first-order valence-corrected chi connectivity index (χ1v) is 12.0. The monoisotopic (exact) mass is 487 g/mol. The fraction of sp³-hybridized carbons (Fsp3) is 0.444. The number of benzene rings is 2. The molecule has 1 aliphatic heterocycles. The van der Waals surface area contributed by atoms with Gasteiger partial charge in [-0.3, -0.25) is 4.79 Å². The van der Waals surface area contributed by atoms with Crippen LogP contribution in [0.2, 0.25) is 0 Å². The van der Waals surface area contributed by atoms with Crippen LogP contribution in [-0.4, -0.2) is 22.7 Å². The first kappa shape index (κ1) is 23.7. The van der Waals surface area contributed by atoms with Crippen molar-refractivity contribution < 1.29 is 32.5 Å². The Morgan fingerprint density at radius 2 is 1.97 bits per heavy atom. The molecule has 0 saturated heterocycles. The molecule has 3 aromatic rings. The van der Waals surface area contributed by atoms with Gasteiger partial charge in [0.2, 0.25) is 0 Å². The molecule has 1 atom stereocenters. The molecule has 0 radical (unpaired) electrons. The number of fused-ring (bicyclic) bond motifs is 3. The summed E-state index contributed by atoms with van der Waals surface area (Å²) in [5.74, 6) is -0.432. The van der Waals surface area contributed by atoms with Gasteiger partial charge in [-0.2, -0.15) is 13.2 Å². The van der Waals surface area contributed by atoms with E-state index in [1.807, 2.05) is 12.1 Å². The van der Waals surface area contributed by atoms with Crippen LogP contribution < -0.4 is 4.74 Å². The van der Waals surface area contributed by atoms with E-state index in [1.165, 1.54) is 6.07 Å². The van der Waals surface area contributed by atoms with Crippen molar-refractivity contribution in [1.29, 1.82) is 0 Å². The minimum Gasteiger partial charge on any atom is -0.489 e. The molecule has 1 unspecified atom stereocenters. The molecule has 1 aromatic heterocycles. The van der Waals surface area contributed by atoms with E-state index in [-0.39, 0.29) is 18.9 Å². The normalized spacial score (nSPS) is 20.8. The molecular formula is C27H28F3NO4. The molecule has 5 rings (SSSR count). The van der Waals surface area contributed by atoms with Crippen LogP contribution in [0.15, 0.2) is 36.4 Å². The second kappa shape index (κ2) is 8.90. The van der Waals surface area contributed by atoms with Gasteiger partial charge in [0.1, 0.15) is 18.0 Å². The van der Waals surface area contributed by atoms with E-state index >= 15 is 0 Å². The molecule has 0 spiro atoms. The van der Waals surface area contributed by atoms with Gasteiger partial charge in [-0.05, 0) is 73.1 Å². The molecular weight excluding hydrogens is 459 g/mol. The molecule has 1 fully saturated rings. The number of halogens is 3. The van der Waals surface area contributed by atoms with Crippen LogP contribution in [0.3, 0.4) is 0 Å². The summed E-state index contributed by atoms with van der Waals surface area (Å²) in [6.45, 7) is 2.19. The predicted molar refractivity (Wildman–Crippen MR) is 125 cm³/mol. The van der Waals surface area contributed by atoms with Gasteiger partial charge in [-0.25, -0.2) is 0 Å². The van der Waals surface area contributed by atoms with Crippen molar-refractivity contribution in [1.82, 2.24) is 4.98 Å². The molecule has 1 saturated carbocycles. The summed E-state index contributed by atoms with van der Waals surface area (Å²) in [6.07, 6.45) is -0.381. The Morgan fingerprint density at radius 3 is 2.69 bits per heavy atom. The summed E-state index contributed by atoms with van der Waals surface area (Å²) in [5, 5.41) is 10.2. The Labute approximate surface area is 201 Å². The Morgan fingerprint density at radius 1 is 1.20 bits per heavy atom. The number of hydrogen-bond acceptors (Lipinski definition) is 3. The van der Waals surface area contributed by atoms with Gasteiger partial charge >= 0.3 is 12.1 Å². The van der Waals surface area contributed by atoms with E-state index in [0.717, 1.165) is 47.8 Å². The Hall–Kier alpha value is -3.00. The highest BCUT2D eigenvalue weighted by Crippen LogP contribution is 2.42. The van der Waals surface area contributed by atoms with E-state index in [2.05, 4.69) is 4.98 Å². The lowest BCUT2D eigenvalue weighted by atomic mass is 9.90. The largest absolute Gasteiger partial charge is 0.489 e. The lowest BCUT2D eigenvalue weighted by Gasteiger charge is -2.32. The number of carboxylic acids is 1. The molecule has 5 nitrogen and oxygen atoms in total. The highest BCUT2D eigenvalue weighted by atomic mass is 19.4. The summed E-state index contributed by atoms with van der Waals surface area (Å²) in [5.41, 5.74) is 1.93. The molecule has 186 valence electrons. The number of aromatic amines is 1. The van der Waals surface area contributed by atoms with Crippen molar-refractivity contribution in [2.75, 3.05) is 6.61 Å². The Bertz CT molecular complexity index is 1260. The lowest BCUT2D eigenvalue weighted by molar-refractivity contribution is -0.146. The number of nitrogens with one attached hydrogen (secondary N) is 1. The average molecular weight is 488 g/mol. The Kier molecular flexibility index (Phi) is 6.03. The van der Waals surface area contributed by atoms with Crippen LogP contribution >= 0.6 is 0 Å². The van der Waals surface area contributed by atoms with Crippen molar-refractivity contribution in [3.05, 3.63) is 64.3 Å². The van der Waals surface area contributed by atoms with Crippen LogP contribution in [0, 0.1) is 0 Å². The quantitative estimate of drug-likeness (QED) is 0.407. The molecule has 8 heteroatoms. The zero-order valence-corrected chi connectivity index (χ0v) is 19.5. The predicted octanol–water partition coefficient (Wildman–Crippen LogP) is 6.69. The second-order valence-electron chi connectivity index (χ2n) is 9.78. The van der Waals surface area contributed by atoms with Crippen molar-refractivity contribution in [3.8, 4) is 5.75 Å². The van der Waals surface area contributed by atoms with Crippen molar-refractivity contribution in [3.63, 3.8) is 0 Å². The number of aliphatic carboxylic acids is 1. The van der Waals surface area contributed by atoms with Gasteiger partial charge in [0.15, 0.2) is 0 Å². The number of alkyl halides is 3. The molecule has 2 N–H and O–H groups in total. The Balaban J connectivity index is 1.39. The molecule has 2 aliphatic rings. The summed E-state index contributed by atoms with van der Waals surface area (Å²) in [4.78, 5) is 14.7. The van der Waals surface area contributed by atoms with Crippen LogP contribution in [-0.2, 0) is 34.3 Å². The van der Waals surface area contributed by atoms with Crippen LogP contribution in [0.5, 0.6) is 5.75 Å². The zero-order chi connectivity index (χ0) is 24.8. The van der Waals surface area contributed by atoms with Crippen molar-refractivity contribution >= 4 is 16.9 Å². The van der Waals surface area contributed by atoms with Gasteiger partial charge in [0.25, 0.3) is 0 Å². The third kappa shape index (κ3) is 4.63. The van der Waals surface area contributed by atoms with E-state index in [0.29, 0.717) is 29.9 Å². The van der Waals surface area contributed by atoms with Crippen molar-refractivity contribution in [2.45, 2.75) is 69.8 Å². The van der Waals surface area contributed by atoms with E-state index in [4.69, 9.17) is 9.47 Å². The number of hydrogen-bond donors (Lipinski definition) is 2. The topological polar surface area (TPSA) is 71.5 Å². The number of carboxylic acid groups (broad SMARTS) is 1. The maximum absolute atomic E-state index is 13.8. The molecule has 2 heterocycles. The summed E-state index contributed by atoms with van der Waals surface area (Å²) in [7, 11) is 0. The molecule has 0 amide bonds. The fourth-order valence-electron chi connectivity index (χ4n) is 5.60. The minimum absolute atomic E-state index is 0.0198. The number of carbonyl (C=O) groups is 1. The first-order chi connectivity index (χ1) is 16.6. The zero-order valence-electron chi connectivity index (χ0n) is 19.5. The average Bonchev–Trinajstić information content (AvgIpc) is 3.45. The lowest BCUT2D eigenvalue weighted by Crippen LogP contribution is -2.34. The third-order valence-electron chi connectivity index (χ3n) is 7.29. The molecule has 1 aliphatic carbocycles. The number of rotatable bonds is 6. The van der Waals surface area contributed by atoms with Gasteiger partial charge in [0, 0.05) is 10.9 Å². The standard InChI is InChI=1S/C27H28F3NO4/c1-26(14-24(32)33)25-20(10-11-35-26)21-13-18(7-9-23(21)31-25)34-15-16-6-8-19(17-4-2-3-5-17)22(12-16)27(28,29)30/h6-9,12-13,17,31H,2-5,10-11,14-15H2,1H3,(H,32,33). The van der Waals surface area contributed by atoms with E-state index < -0.39 is 23.3 Å². The number of aromatic nitrogens is 1. The molecule has 35 heavy (non-hydrogen) atoms. The SMILES string of the molecule is CC1(CC(=O)O)OCCc2c1[nH]c1ccc(OCc3ccc(C4CCCC4)c(C(F)(F)F)c3)cc21. The maximum Gasteiger partial charge on any atom is 0.416 e. The summed E-state index contributed by atoms with van der Waals surface area (Å²) < 4.78 is 53.1. The van der Waals surface area contributed by atoms with E-state index in [1.54, 1.807) is 25.1 Å². The maximum atomic E-state index is 13.8. The van der Waals surface area contributed by atoms with Gasteiger partial charge < -0.3 is 19.6 Å². The highest BCUT2D eigenvalue weighted by Gasteiger charge is 2.38. The molecule has 0 bridgehead atoms. The van der Waals surface area contributed by atoms with Gasteiger partial charge in [-0.15, -0.1) is 0 Å². The third-order valence-corrected chi connectivity index (χ3v) is 7.29. The van der Waals surface area contributed by atoms with Crippen LogP contribution in [0.4, 0.5) is 13.2 Å². The van der Waals surface area contributed by atoms with Gasteiger partial charge in [-0.1, -0.05) is 25.0 Å². The summed E-state index contributed by atoms with van der Waals surface area (Å²) in [6, 6.07) is 10.0. The van der Waals surface area contributed by atoms with Crippen LogP contribution in [0.25, 0.3) is 10.9 Å². The molecule has 2 aromatic carbocycles. The minimum atomic E-state index is -4.40. The summed E-state index contributed by atoms with van der Waals surface area (Å²) >= 11 is 0. The second-order valence-corrected chi connectivity index (χ2v) is 9.78. The number of ether oxygens (including phenoxy) is 2. The smallest absolute Gasteiger partial charge is 0.416 e. The van der Waals surface area contributed by atoms with E-state index in [9.17, 15) is 23.1 Å². The highest BCUT2D eigenvalue weighted by molar-refractivity contribution is 5.87. The first-order valence-electron chi connectivity index (χ1n) is 12.0. The van der Waals surface area contributed by atoms with Gasteiger partial charge in [0.05, 0.1) is 24.3 Å². The van der Waals surface area contributed by atoms with Crippen LogP contribution in [0.1, 0.15) is 72.9 Å². The van der Waals surface area contributed by atoms with Crippen molar-refractivity contribution in [2.24, 2.45) is 0 Å². The number of H-pyrrole nitrogens is 1.